The van der Waals surface area contributed by atoms with Crippen molar-refractivity contribution in [2.75, 3.05) is 28.3 Å². The fraction of sp³-hybridized carbons (Fsp3) is 0.267. The first-order chi connectivity index (χ1) is 9.90. The summed E-state index contributed by atoms with van der Waals surface area (Å²) in [6.45, 7) is 0. The van der Waals surface area contributed by atoms with Gasteiger partial charge in [0.15, 0.2) is 0 Å². The van der Waals surface area contributed by atoms with Crippen molar-refractivity contribution in [1.82, 2.24) is 9.80 Å². The maximum atomic E-state index is 12.1. The number of ether oxygens (including phenoxy) is 1. The highest BCUT2D eigenvalue weighted by Crippen LogP contribution is 2.15. The number of benzene rings is 1. The smallest absolute Gasteiger partial charge is 0.265 e. The lowest BCUT2D eigenvalue weighted by Gasteiger charge is -2.16. The molecule has 0 saturated heterocycles. The van der Waals surface area contributed by atoms with Crippen molar-refractivity contribution in [1.29, 1.82) is 0 Å². The number of hydrogen-bond acceptors (Lipinski definition) is 4. The highest BCUT2D eigenvalue weighted by molar-refractivity contribution is 6.23. The number of likely N-dealkylation sites (N-methyl/N-ethyl adjacent to an activating group) is 2. The number of nitrogens with zero attached hydrogens (tertiary/aromatic N) is 2. The Hall–Kier alpha value is -2.63. The van der Waals surface area contributed by atoms with Gasteiger partial charge in [-0.3, -0.25) is 19.3 Å². The average Bonchev–Trinajstić information content (AvgIpc) is 2.50. The normalized spacial score (nSPS) is 10.8. The van der Waals surface area contributed by atoms with Crippen LogP contribution in [0.1, 0.15) is 5.56 Å². The Balaban J connectivity index is 3.21. The van der Waals surface area contributed by atoms with E-state index in [1.54, 1.807) is 45.5 Å². The fourth-order valence-electron chi connectivity index (χ4n) is 1.56. The molecule has 6 nitrogen and oxygen atoms in total. The molecule has 112 valence electrons. The van der Waals surface area contributed by atoms with Gasteiger partial charge in [0.25, 0.3) is 11.8 Å². The van der Waals surface area contributed by atoms with Gasteiger partial charge in [0.1, 0.15) is 11.3 Å². The molecule has 1 aromatic rings. The molecule has 0 aliphatic carbocycles. The van der Waals surface area contributed by atoms with E-state index in [-0.39, 0.29) is 5.57 Å². The second-order valence-electron chi connectivity index (χ2n) is 4.55. The lowest BCUT2D eigenvalue weighted by molar-refractivity contribution is -0.136. The summed E-state index contributed by atoms with van der Waals surface area (Å²) in [5.74, 6) is -0.451. The standard InChI is InChI=1S/C15H18N2O4/c1-16(2)14(19)13(15(20)17(3)10-18)9-11-5-7-12(21-4)8-6-11/h5-10H,1-4H3/b13-9-. The molecule has 0 aliphatic heterocycles. The van der Waals surface area contributed by atoms with Crippen LogP contribution in [0.25, 0.3) is 6.08 Å². The molecule has 21 heavy (non-hydrogen) atoms. The molecule has 0 heterocycles. The van der Waals surface area contributed by atoms with Gasteiger partial charge in [0.05, 0.1) is 7.11 Å². The summed E-state index contributed by atoms with van der Waals surface area (Å²) in [5, 5.41) is 0. The molecule has 0 aliphatic rings. The van der Waals surface area contributed by atoms with E-state index in [1.165, 1.54) is 18.0 Å². The number of rotatable bonds is 5. The number of carbonyl (C=O) groups is 3. The third-order valence-electron chi connectivity index (χ3n) is 2.77. The van der Waals surface area contributed by atoms with E-state index < -0.39 is 11.8 Å². The van der Waals surface area contributed by atoms with Crippen LogP contribution >= 0.6 is 0 Å². The second-order valence-corrected chi connectivity index (χ2v) is 4.55. The summed E-state index contributed by atoms with van der Waals surface area (Å²) in [6.07, 6.45) is 1.82. The monoisotopic (exact) mass is 290 g/mol. The molecule has 0 N–H and O–H groups in total. The van der Waals surface area contributed by atoms with E-state index in [1.807, 2.05) is 0 Å². The largest absolute Gasteiger partial charge is 0.497 e. The first-order valence-electron chi connectivity index (χ1n) is 6.20. The zero-order chi connectivity index (χ0) is 16.0. The van der Waals surface area contributed by atoms with Crippen LogP contribution in [0.4, 0.5) is 0 Å². The van der Waals surface area contributed by atoms with Gasteiger partial charge < -0.3 is 9.64 Å². The molecule has 6 heteroatoms. The molecule has 0 bridgehead atoms. The Morgan fingerprint density at radius 3 is 2.05 bits per heavy atom. The second kappa shape index (κ2) is 7.23. The van der Waals surface area contributed by atoms with Gasteiger partial charge in [0, 0.05) is 21.1 Å². The molecule has 0 fully saturated rings. The highest BCUT2D eigenvalue weighted by atomic mass is 16.5. The number of amides is 3. The van der Waals surface area contributed by atoms with Crippen LogP contribution in [0.2, 0.25) is 0 Å². The predicted octanol–water partition coefficient (Wildman–Crippen LogP) is 0.782. The maximum absolute atomic E-state index is 12.1. The molecule has 3 amide bonds. The number of hydrogen-bond donors (Lipinski definition) is 0. The predicted molar refractivity (Wildman–Crippen MR) is 78.5 cm³/mol. The minimum Gasteiger partial charge on any atom is -0.497 e. The van der Waals surface area contributed by atoms with Gasteiger partial charge in [-0.1, -0.05) is 12.1 Å². The number of methoxy groups -OCH3 is 1. The van der Waals surface area contributed by atoms with Crippen molar-refractivity contribution in [3.8, 4) is 5.75 Å². The van der Waals surface area contributed by atoms with Gasteiger partial charge in [-0.15, -0.1) is 0 Å². The van der Waals surface area contributed by atoms with E-state index in [0.717, 1.165) is 4.90 Å². The number of imide groups is 1. The van der Waals surface area contributed by atoms with Crippen LogP contribution in [0.5, 0.6) is 5.75 Å². The Bertz CT molecular complexity index is 562. The zero-order valence-electron chi connectivity index (χ0n) is 12.5. The zero-order valence-corrected chi connectivity index (χ0v) is 12.5. The van der Waals surface area contributed by atoms with Crippen LogP contribution in [0, 0.1) is 0 Å². The molecular weight excluding hydrogens is 272 g/mol. The number of carbonyl (C=O) groups excluding carboxylic acids is 3. The lowest BCUT2D eigenvalue weighted by atomic mass is 10.1. The topological polar surface area (TPSA) is 66.9 Å². The van der Waals surface area contributed by atoms with E-state index in [2.05, 4.69) is 0 Å². The molecule has 0 unspecified atom stereocenters. The quantitative estimate of drug-likeness (QED) is 0.348. The van der Waals surface area contributed by atoms with E-state index >= 15 is 0 Å². The van der Waals surface area contributed by atoms with Crippen molar-refractivity contribution < 1.29 is 19.1 Å². The van der Waals surface area contributed by atoms with Crippen molar-refractivity contribution in [2.24, 2.45) is 0 Å². The third kappa shape index (κ3) is 4.17. The first kappa shape index (κ1) is 16.4. The molecule has 0 radical (unpaired) electrons. The van der Waals surface area contributed by atoms with Crippen molar-refractivity contribution in [2.45, 2.75) is 0 Å². The minimum absolute atomic E-state index is 0.0835. The molecule has 0 saturated carbocycles. The Labute approximate surface area is 123 Å². The van der Waals surface area contributed by atoms with E-state index in [4.69, 9.17) is 4.74 Å². The van der Waals surface area contributed by atoms with Crippen LogP contribution in [-0.4, -0.2) is 56.3 Å². The van der Waals surface area contributed by atoms with Crippen molar-refractivity contribution >= 4 is 24.3 Å². The third-order valence-corrected chi connectivity index (χ3v) is 2.77. The van der Waals surface area contributed by atoms with Crippen LogP contribution < -0.4 is 4.74 Å². The summed E-state index contributed by atoms with van der Waals surface area (Å²) in [5.41, 5.74) is 0.577. The van der Waals surface area contributed by atoms with Crippen LogP contribution in [0.15, 0.2) is 29.8 Å². The van der Waals surface area contributed by atoms with Gasteiger partial charge in [-0.05, 0) is 23.8 Å². The SMILES string of the molecule is COc1ccc(/C=C(/C(=O)N(C)C)C(=O)N(C)C=O)cc1. The lowest BCUT2D eigenvalue weighted by Crippen LogP contribution is -2.34. The molecule has 0 aromatic heterocycles. The van der Waals surface area contributed by atoms with Gasteiger partial charge in [0.2, 0.25) is 6.41 Å². The summed E-state index contributed by atoms with van der Waals surface area (Å²) < 4.78 is 5.05. The van der Waals surface area contributed by atoms with Gasteiger partial charge in [-0.25, -0.2) is 0 Å². The highest BCUT2D eigenvalue weighted by Gasteiger charge is 2.22. The molecule has 1 aromatic carbocycles. The van der Waals surface area contributed by atoms with Crippen molar-refractivity contribution in [3.05, 3.63) is 35.4 Å². The average molecular weight is 290 g/mol. The summed E-state index contributed by atoms with van der Waals surface area (Å²) in [4.78, 5) is 37.0. The summed E-state index contributed by atoms with van der Waals surface area (Å²) in [6, 6.07) is 6.88. The van der Waals surface area contributed by atoms with Crippen LogP contribution in [0.3, 0.4) is 0 Å². The van der Waals surface area contributed by atoms with Crippen LogP contribution in [-0.2, 0) is 14.4 Å². The Morgan fingerprint density at radius 2 is 1.62 bits per heavy atom. The molecular formula is C15H18N2O4. The molecule has 0 spiro atoms. The summed E-state index contributed by atoms with van der Waals surface area (Å²) in [7, 11) is 5.94. The fourth-order valence-corrected chi connectivity index (χ4v) is 1.56. The Kier molecular flexibility index (Phi) is 5.66. The summed E-state index contributed by atoms with van der Waals surface area (Å²) >= 11 is 0. The van der Waals surface area contributed by atoms with Crippen molar-refractivity contribution in [3.63, 3.8) is 0 Å². The van der Waals surface area contributed by atoms with E-state index in [9.17, 15) is 14.4 Å². The molecule has 1 rings (SSSR count). The van der Waals surface area contributed by atoms with Gasteiger partial charge >= 0.3 is 0 Å². The van der Waals surface area contributed by atoms with E-state index in [0.29, 0.717) is 17.7 Å². The molecule has 0 atom stereocenters. The minimum atomic E-state index is -0.653. The Morgan fingerprint density at radius 1 is 1.05 bits per heavy atom. The maximum Gasteiger partial charge on any atom is 0.265 e. The first-order valence-corrected chi connectivity index (χ1v) is 6.20. The van der Waals surface area contributed by atoms with Gasteiger partial charge in [-0.2, -0.15) is 0 Å².